The highest BCUT2D eigenvalue weighted by atomic mass is 32.1. The Morgan fingerprint density at radius 2 is 2.00 bits per heavy atom. The zero-order valence-electron chi connectivity index (χ0n) is 16.2. The second-order valence-electron chi connectivity index (χ2n) is 7.18. The van der Waals surface area contributed by atoms with E-state index in [0.717, 1.165) is 34.2 Å². The van der Waals surface area contributed by atoms with Gasteiger partial charge in [0.05, 0.1) is 10.7 Å². The molecule has 4 aromatic heterocycles. The molecule has 0 radical (unpaired) electrons. The Morgan fingerprint density at radius 3 is 2.69 bits per heavy atom. The molecule has 4 aromatic rings. The van der Waals surface area contributed by atoms with Crippen molar-refractivity contribution < 1.29 is 4.79 Å². The summed E-state index contributed by atoms with van der Waals surface area (Å²) in [5, 5.41) is 18.5. The summed E-state index contributed by atoms with van der Waals surface area (Å²) in [6.07, 6.45) is 5.23. The standard InChI is InChI=1S/C19H20N8OS/c1-12-17(29-13(2)21-12)19(28)25-10-6-14(7-11-25)18-23-22-15-4-5-16(24-27(15)18)26-9-3-8-20-26/h3-5,8-9,14H,6-7,10-11H2,1-2H3. The molecule has 9 nitrogen and oxygen atoms in total. The summed E-state index contributed by atoms with van der Waals surface area (Å²) in [5.41, 5.74) is 1.53. The number of likely N-dealkylation sites (tertiary alicyclic amines) is 1. The molecular formula is C19H20N8OS. The van der Waals surface area contributed by atoms with E-state index in [-0.39, 0.29) is 11.8 Å². The number of hydrogen-bond donors (Lipinski definition) is 0. The van der Waals surface area contributed by atoms with Crippen LogP contribution >= 0.6 is 11.3 Å². The topological polar surface area (TPSA) is 94.1 Å². The minimum atomic E-state index is 0.0803. The monoisotopic (exact) mass is 408 g/mol. The summed E-state index contributed by atoms with van der Waals surface area (Å²) in [6, 6.07) is 5.63. The molecule has 5 heterocycles. The smallest absolute Gasteiger partial charge is 0.265 e. The molecule has 0 atom stereocenters. The van der Waals surface area contributed by atoms with Gasteiger partial charge in [-0.05, 0) is 44.9 Å². The van der Waals surface area contributed by atoms with E-state index in [1.807, 2.05) is 43.1 Å². The number of amides is 1. The number of hydrogen-bond acceptors (Lipinski definition) is 7. The lowest BCUT2D eigenvalue weighted by molar-refractivity contribution is 0.0714. The lowest BCUT2D eigenvalue weighted by Gasteiger charge is -2.30. The van der Waals surface area contributed by atoms with Crippen molar-refractivity contribution >= 4 is 22.9 Å². The normalized spacial score (nSPS) is 15.3. The second kappa shape index (κ2) is 7.03. The van der Waals surface area contributed by atoms with E-state index in [9.17, 15) is 4.79 Å². The number of fused-ring (bicyclic) bond motifs is 1. The SMILES string of the molecule is Cc1nc(C)c(C(=O)N2CCC(c3nnc4ccc(-n5cccn5)nn34)CC2)s1. The number of carbonyl (C=O) groups is 1. The summed E-state index contributed by atoms with van der Waals surface area (Å²) in [7, 11) is 0. The zero-order chi connectivity index (χ0) is 20.0. The molecule has 1 aliphatic rings. The minimum absolute atomic E-state index is 0.0803. The third-order valence-corrected chi connectivity index (χ3v) is 6.32. The number of aromatic nitrogens is 7. The molecule has 0 unspecified atom stereocenters. The molecule has 0 bridgehead atoms. The third kappa shape index (κ3) is 3.19. The van der Waals surface area contributed by atoms with Gasteiger partial charge < -0.3 is 4.90 Å². The molecule has 0 aliphatic carbocycles. The van der Waals surface area contributed by atoms with Crippen LogP contribution in [0, 0.1) is 13.8 Å². The maximum Gasteiger partial charge on any atom is 0.265 e. The zero-order valence-corrected chi connectivity index (χ0v) is 17.0. The van der Waals surface area contributed by atoms with Crippen LogP contribution in [-0.4, -0.2) is 58.5 Å². The van der Waals surface area contributed by atoms with E-state index in [2.05, 4.69) is 25.4 Å². The Morgan fingerprint density at radius 1 is 1.17 bits per heavy atom. The summed E-state index contributed by atoms with van der Waals surface area (Å²) in [5.74, 6) is 1.84. The quantitative estimate of drug-likeness (QED) is 0.517. The van der Waals surface area contributed by atoms with Crippen molar-refractivity contribution in [3.05, 3.63) is 52.0 Å². The predicted octanol–water partition coefficient (Wildman–Crippen LogP) is 2.40. The van der Waals surface area contributed by atoms with E-state index >= 15 is 0 Å². The Labute approximate surface area is 171 Å². The Hall–Kier alpha value is -3.14. The number of thiazole rings is 1. The van der Waals surface area contributed by atoms with Crippen molar-refractivity contribution in [1.82, 2.24) is 39.5 Å². The van der Waals surface area contributed by atoms with E-state index in [0.29, 0.717) is 24.6 Å². The van der Waals surface area contributed by atoms with Crippen molar-refractivity contribution in [3.63, 3.8) is 0 Å². The van der Waals surface area contributed by atoms with Gasteiger partial charge in [-0.2, -0.15) is 9.61 Å². The Balaban J connectivity index is 1.35. The van der Waals surface area contributed by atoms with Gasteiger partial charge in [-0.15, -0.1) is 26.6 Å². The van der Waals surface area contributed by atoms with E-state index in [1.54, 1.807) is 15.4 Å². The van der Waals surface area contributed by atoms with Crippen LogP contribution < -0.4 is 0 Å². The van der Waals surface area contributed by atoms with Gasteiger partial charge in [-0.3, -0.25) is 4.79 Å². The first-order valence-electron chi connectivity index (χ1n) is 9.56. The van der Waals surface area contributed by atoms with Gasteiger partial charge in [0.2, 0.25) is 0 Å². The van der Waals surface area contributed by atoms with Gasteiger partial charge in [0.1, 0.15) is 4.88 Å². The Kier molecular flexibility index (Phi) is 4.35. The van der Waals surface area contributed by atoms with Crippen molar-refractivity contribution in [3.8, 4) is 5.82 Å². The number of carbonyl (C=O) groups excluding carboxylic acids is 1. The molecular weight excluding hydrogens is 388 g/mol. The van der Waals surface area contributed by atoms with E-state index in [1.165, 1.54) is 11.3 Å². The summed E-state index contributed by atoms with van der Waals surface area (Å²) < 4.78 is 3.51. The molecule has 1 aliphatic heterocycles. The number of rotatable bonds is 3. The molecule has 1 fully saturated rings. The highest BCUT2D eigenvalue weighted by Crippen LogP contribution is 2.29. The maximum absolute atomic E-state index is 12.9. The predicted molar refractivity (Wildman–Crippen MR) is 107 cm³/mol. The molecule has 10 heteroatoms. The highest BCUT2D eigenvalue weighted by molar-refractivity contribution is 7.13. The first-order valence-corrected chi connectivity index (χ1v) is 10.4. The average molecular weight is 408 g/mol. The van der Waals surface area contributed by atoms with Crippen LogP contribution in [0.1, 0.15) is 45.0 Å². The molecule has 29 heavy (non-hydrogen) atoms. The molecule has 0 aromatic carbocycles. The van der Waals surface area contributed by atoms with Crippen molar-refractivity contribution in [2.45, 2.75) is 32.6 Å². The lowest BCUT2D eigenvalue weighted by Crippen LogP contribution is -2.38. The molecule has 148 valence electrons. The van der Waals surface area contributed by atoms with Crippen LogP contribution in [0.15, 0.2) is 30.6 Å². The van der Waals surface area contributed by atoms with E-state index in [4.69, 9.17) is 0 Å². The number of nitrogens with zero attached hydrogens (tertiary/aromatic N) is 8. The van der Waals surface area contributed by atoms with E-state index < -0.39 is 0 Å². The van der Waals surface area contributed by atoms with Crippen LogP contribution in [0.2, 0.25) is 0 Å². The fraction of sp³-hybridized carbons (Fsp3) is 0.368. The highest BCUT2D eigenvalue weighted by Gasteiger charge is 2.29. The molecule has 0 spiro atoms. The summed E-state index contributed by atoms with van der Waals surface area (Å²) >= 11 is 1.47. The molecule has 1 amide bonds. The van der Waals surface area contributed by atoms with Crippen molar-refractivity contribution in [2.24, 2.45) is 0 Å². The van der Waals surface area contributed by atoms with Crippen molar-refractivity contribution in [2.75, 3.05) is 13.1 Å². The average Bonchev–Trinajstić information content (AvgIpc) is 3.47. The summed E-state index contributed by atoms with van der Waals surface area (Å²) in [4.78, 5) is 19.9. The van der Waals surface area contributed by atoms with Gasteiger partial charge in [0.15, 0.2) is 17.3 Å². The van der Waals surface area contributed by atoms with Gasteiger partial charge in [0.25, 0.3) is 5.91 Å². The number of aryl methyl sites for hydroxylation is 2. The molecule has 5 rings (SSSR count). The Bertz CT molecular complexity index is 1170. The van der Waals surface area contributed by atoms with Crippen molar-refractivity contribution in [1.29, 1.82) is 0 Å². The molecule has 0 saturated carbocycles. The lowest BCUT2D eigenvalue weighted by atomic mass is 9.96. The molecule has 0 N–H and O–H groups in total. The summed E-state index contributed by atoms with van der Waals surface area (Å²) in [6.45, 7) is 5.21. The molecule has 1 saturated heterocycles. The maximum atomic E-state index is 12.9. The van der Waals surface area contributed by atoms with Crippen LogP contribution in [0.5, 0.6) is 0 Å². The first-order chi connectivity index (χ1) is 14.1. The van der Waals surface area contributed by atoms with Crippen LogP contribution in [0.25, 0.3) is 11.5 Å². The van der Waals surface area contributed by atoms with Gasteiger partial charge >= 0.3 is 0 Å². The van der Waals surface area contributed by atoms with Gasteiger partial charge in [-0.25, -0.2) is 9.67 Å². The number of piperidine rings is 1. The van der Waals surface area contributed by atoms with Crippen LogP contribution in [0.3, 0.4) is 0 Å². The second-order valence-corrected chi connectivity index (χ2v) is 8.39. The largest absolute Gasteiger partial charge is 0.338 e. The fourth-order valence-electron chi connectivity index (χ4n) is 3.79. The van der Waals surface area contributed by atoms with Gasteiger partial charge in [0, 0.05) is 31.4 Å². The first kappa shape index (κ1) is 17.9. The fourth-order valence-corrected chi connectivity index (χ4v) is 4.68. The van der Waals surface area contributed by atoms with Gasteiger partial charge in [-0.1, -0.05) is 0 Å². The van der Waals surface area contributed by atoms with Crippen LogP contribution in [0.4, 0.5) is 0 Å². The third-order valence-electron chi connectivity index (χ3n) is 5.26. The minimum Gasteiger partial charge on any atom is -0.338 e. The van der Waals surface area contributed by atoms with Crippen LogP contribution in [-0.2, 0) is 0 Å².